The lowest BCUT2D eigenvalue weighted by Gasteiger charge is -2.32. The number of hydrogen-bond acceptors (Lipinski definition) is 3. The van der Waals surface area contributed by atoms with Gasteiger partial charge in [0, 0.05) is 55.9 Å². The summed E-state index contributed by atoms with van der Waals surface area (Å²) in [5.74, 6) is 0.858. The number of nitrogens with one attached hydrogen (secondary N) is 1. The predicted molar refractivity (Wildman–Crippen MR) is 108 cm³/mol. The lowest BCUT2D eigenvalue weighted by molar-refractivity contribution is 0.177. The van der Waals surface area contributed by atoms with Crippen LogP contribution in [0, 0.1) is 5.82 Å². The van der Waals surface area contributed by atoms with Gasteiger partial charge in [-0.25, -0.2) is 14.2 Å². The number of pyridine rings is 1. The second-order valence-electron chi connectivity index (χ2n) is 7.31. The summed E-state index contributed by atoms with van der Waals surface area (Å²) in [6, 6.07) is 10.3. The van der Waals surface area contributed by atoms with Gasteiger partial charge in [0.2, 0.25) is 0 Å². The van der Waals surface area contributed by atoms with Crippen LogP contribution in [0.2, 0.25) is 0 Å². The Bertz CT molecular complexity index is 959. The number of carbonyl (C=O) groups excluding carboxylic acids is 1. The maximum atomic E-state index is 13.8. The van der Waals surface area contributed by atoms with Crippen molar-refractivity contribution in [3.05, 3.63) is 84.0 Å². The minimum atomic E-state index is -0.304. The average Bonchev–Trinajstić information content (AvgIpc) is 3.22. The van der Waals surface area contributed by atoms with Crippen LogP contribution in [0.25, 0.3) is 0 Å². The van der Waals surface area contributed by atoms with Gasteiger partial charge >= 0.3 is 6.03 Å². The minimum Gasteiger partial charge on any atom is -0.334 e. The molecule has 150 valence electrons. The lowest BCUT2D eigenvalue weighted by Crippen LogP contribution is -2.45. The molecule has 0 radical (unpaired) electrons. The molecule has 1 aliphatic rings. The number of piperidine rings is 1. The van der Waals surface area contributed by atoms with E-state index in [-0.39, 0.29) is 24.3 Å². The molecule has 2 amide bonds. The number of imidazole rings is 1. The smallest absolute Gasteiger partial charge is 0.317 e. The van der Waals surface area contributed by atoms with Crippen molar-refractivity contribution < 1.29 is 9.18 Å². The van der Waals surface area contributed by atoms with Gasteiger partial charge in [0.05, 0.1) is 6.54 Å². The highest BCUT2D eigenvalue weighted by molar-refractivity contribution is 5.74. The summed E-state index contributed by atoms with van der Waals surface area (Å²) in [6.45, 7) is 2.19. The van der Waals surface area contributed by atoms with Crippen LogP contribution in [0.4, 0.5) is 9.18 Å². The lowest BCUT2D eigenvalue weighted by atomic mass is 9.97. The molecule has 29 heavy (non-hydrogen) atoms. The quantitative estimate of drug-likeness (QED) is 0.721. The Morgan fingerprint density at radius 2 is 2.10 bits per heavy atom. The number of benzene rings is 1. The molecule has 3 heterocycles. The molecule has 1 fully saturated rings. The molecule has 2 aromatic heterocycles. The highest BCUT2D eigenvalue weighted by atomic mass is 19.1. The van der Waals surface area contributed by atoms with Crippen LogP contribution >= 0.6 is 0 Å². The molecule has 0 spiro atoms. The third kappa shape index (κ3) is 4.62. The summed E-state index contributed by atoms with van der Waals surface area (Å²) in [7, 11) is 0. The van der Waals surface area contributed by atoms with Crippen molar-refractivity contribution in [1.29, 1.82) is 0 Å². The Labute approximate surface area is 169 Å². The summed E-state index contributed by atoms with van der Waals surface area (Å²) in [6.07, 6.45) is 9.30. The summed E-state index contributed by atoms with van der Waals surface area (Å²) in [5.41, 5.74) is 1.60. The Kier molecular flexibility index (Phi) is 5.84. The summed E-state index contributed by atoms with van der Waals surface area (Å²) in [4.78, 5) is 23.2. The molecular weight excluding hydrogens is 369 g/mol. The van der Waals surface area contributed by atoms with Crippen LogP contribution in [-0.4, -0.2) is 38.6 Å². The van der Waals surface area contributed by atoms with Crippen LogP contribution in [0.5, 0.6) is 0 Å². The molecule has 6 nitrogen and oxygen atoms in total. The summed E-state index contributed by atoms with van der Waals surface area (Å²) < 4.78 is 15.9. The Hall–Kier alpha value is -3.22. The number of amides is 2. The monoisotopic (exact) mass is 393 g/mol. The van der Waals surface area contributed by atoms with Crippen LogP contribution in [-0.2, 0) is 13.1 Å². The number of nitrogens with zero attached hydrogens (tertiary/aromatic N) is 4. The molecule has 0 bridgehead atoms. The summed E-state index contributed by atoms with van der Waals surface area (Å²) in [5, 5.41) is 2.84. The zero-order chi connectivity index (χ0) is 20.1. The predicted octanol–water partition coefficient (Wildman–Crippen LogP) is 3.55. The van der Waals surface area contributed by atoms with Crippen molar-refractivity contribution in [3.8, 4) is 0 Å². The van der Waals surface area contributed by atoms with Gasteiger partial charge in [0.1, 0.15) is 11.6 Å². The van der Waals surface area contributed by atoms with Gasteiger partial charge in [-0.2, -0.15) is 0 Å². The third-order valence-corrected chi connectivity index (χ3v) is 5.29. The van der Waals surface area contributed by atoms with E-state index in [1.807, 2.05) is 30.7 Å². The minimum absolute atomic E-state index is 0.164. The van der Waals surface area contributed by atoms with Crippen LogP contribution < -0.4 is 5.32 Å². The van der Waals surface area contributed by atoms with E-state index in [1.54, 1.807) is 29.3 Å². The second kappa shape index (κ2) is 8.86. The molecular formula is C22H24FN5O. The molecule has 0 saturated carbocycles. The van der Waals surface area contributed by atoms with Gasteiger partial charge < -0.3 is 14.8 Å². The van der Waals surface area contributed by atoms with E-state index in [4.69, 9.17) is 0 Å². The normalized spacial score (nSPS) is 16.6. The van der Waals surface area contributed by atoms with Gasteiger partial charge in [-0.1, -0.05) is 24.3 Å². The fraction of sp³-hybridized carbons (Fsp3) is 0.318. The number of aromatic nitrogens is 3. The third-order valence-electron chi connectivity index (χ3n) is 5.29. The fourth-order valence-electron chi connectivity index (χ4n) is 3.80. The molecule has 1 saturated heterocycles. The van der Waals surface area contributed by atoms with E-state index in [0.29, 0.717) is 25.2 Å². The van der Waals surface area contributed by atoms with E-state index >= 15 is 0 Å². The molecule has 3 aromatic rings. The number of likely N-dealkylation sites (tertiary alicyclic amines) is 1. The van der Waals surface area contributed by atoms with Crippen LogP contribution in [0.3, 0.4) is 0 Å². The number of carbonyl (C=O) groups is 1. The van der Waals surface area contributed by atoms with E-state index in [1.165, 1.54) is 6.07 Å². The molecule has 1 aromatic carbocycles. The topological polar surface area (TPSA) is 63.1 Å². The summed E-state index contributed by atoms with van der Waals surface area (Å²) >= 11 is 0. The van der Waals surface area contributed by atoms with E-state index < -0.39 is 0 Å². The van der Waals surface area contributed by atoms with Crippen LogP contribution in [0.15, 0.2) is 61.2 Å². The van der Waals surface area contributed by atoms with E-state index in [0.717, 1.165) is 24.2 Å². The molecule has 0 aliphatic carbocycles. The van der Waals surface area contributed by atoms with Gasteiger partial charge in [-0.05, 0) is 30.5 Å². The van der Waals surface area contributed by atoms with Crippen molar-refractivity contribution >= 4 is 6.03 Å². The van der Waals surface area contributed by atoms with Crippen molar-refractivity contribution in [2.24, 2.45) is 0 Å². The fourth-order valence-corrected chi connectivity index (χ4v) is 3.80. The molecule has 4 rings (SSSR count). The largest absolute Gasteiger partial charge is 0.334 e. The van der Waals surface area contributed by atoms with Crippen molar-refractivity contribution in [2.75, 3.05) is 13.1 Å². The zero-order valence-electron chi connectivity index (χ0n) is 16.2. The van der Waals surface area contributed by atoms with E-state index in [2.05, 4.69) is 19.9 Å². The highest BCUT2D eigenvalue weighted by Gasteiger charge is 2.27. The zero-order valence-corrected chi connectivity index (χ0v) is 16.2. The first-order chi connectivity index (χ1) is 14.2. The molecule has 0 unspecified atom stereocenters. The first-order valence-electron chi connectivity index (χ1n) is 9.87. The molecule has 1 N–H and O–H groups in total. The number of rotatable bonds is 5. The molecule has 1 atom stereocenters. The average molecular weight is 393 g/mol. The van der Waals surface area contributed by atoms with Crippen molar-refractivity contribution in [1.82, 2.24) is 24.8 Å². The van der Waals surface area contributed by atoms with Gasteiger partial charge in [-0.3, -0.25) is 4.98 Å². The second-order valence-corrected chi connectivity index (χ2v) is 7.31. The first-order valence-corrected chi connectivity index (χ1v) is 9.87. The number of halogens is 1. The maximum absolute atomic E-state index is 13.8. The van der Waals surface area contributed by atoms with Crippen LogP contribution in [0.1, 0.15) is 35.7 Å². The number of urea groups is 1. The standard InChI is InChI=1S/C22H24FN5O/c23-20-8-2-1-6-18(20)14-26-22(29)28-11-4-7-19(16-28)21-25-10-12-27(21)15-17-5-3-9-24-13-17/h1-3,5-6,8-10,12-13,19H,4,7,11,14-16H2,(H,26,29)/t19-/m0/s1. The number of hydrogen-bond donors (Lipinski definition) is 1. The van der Waals surface area contributed by atoms with Gasteiger partial charge in [-0.15, -0.1) is 0 Å². The van der Waals surface area contributed by atoms with Crippen molar-refractivity contribution in [2.45, 2.75) is 31.8 Å². The maximum Gasteiger partial charge on any atom is 0.317 e. The van der Waals surface area contributed by atoms with Gasteiger partial charge in [0.25, 0.3) is 0 Å². The SMILES string of the molecule is O=C(NCc1ccccc1F)N1CCC[C@H](c2nccn2Cc2cccnc2)C1. The Morgan fingerprint density at radius 1 is 1.21 bits per heavy atom. The van der Waals surface area contributed by atoms with E-state index in [9.17, 15) is 9.18 Å². The molecule has 7 heteroatoms. The first kappa shape index (κ1) is 19.1. The Morgan fingerprint density at radius 3 is 2.93 bits per heavy atom. The van der Waals surface area contributed by atoms with Gasteiger partial charge in [0.15, 0.2) is 0 Å². The van der Waals surface area contributed by atoms with Crippen molar-refractivity contribution in [3.63, 3.8) is 0 Å². The molecule has 1 aliphatic heterocycles. The Balaban J connectivity index is 1.39. The highest BCUT2D eigenvalue weighted by Crippen LogP contribution is 2.26.